The lowest BCUT2D eigenvalue weighted by Gasteiger charge is -2.34. The molecule has 0 aromatic carbocycles. The van der Waals surface area contributed by atoms with Gasteiger partial charge in [0.15, 0.2) is 0 Å². The van der Waals surface area contributed by atoms with Crippen molar-refractivity contribution in [3.63, 3.8) is 0 Å². The van der Waals surface area contributed by atoms with Crippen LogP contribution in [0.15, 0.2) is 12.1 Å². The molecule has 2 aromatic rings. The Kier molecular flexibility index (Phi) is 9.39. The second kappa shape index (κ2) is 12.5. The molecule has 0 atom stereocenters. The highest BCUT2D eigenvalue weighted by Crippen LogP contribution is 2.20. The van der Waals surface area contributed by atoms with Gasteiger partial charge in [-0.15, -0.1) is 0 Å². The Labute approximate surface area is 212 Å². The average Bonchev–Trinajstić information content (AvgIpc) is 2.89. The van der Waals surface area contributed by atoms with Gasteiger partial charge in [0.1, 0.15) is 11.6 Å². The van der Waals surface area contributed by atoms with Crippen LogP contribution in [-0.2, 0) is 4.79 Å². The molecule has 36 heavy (non-hydrogen) atoms. The number of methoxy groups -OCH3 is 1. The molecule has 0 aliphatic carbocycles. The van der Waals surface area contributed by atoms with Crippen molar-refractivity contribution in [1.29, 1.82) is 0 Å². The first-order valence-corrected chi connectivity index (χ1v) is 12.0. The second-order valence-corrected chi connectivity index (χ2v) is 8.94. The highest BCUT2D eigenvalue weighted by atomic mass is 19.1. The molecule has 0 radical (unpaired) electrons. The van der Waals surface area contributed by atoms with E-state index >= 15 is 0 Å². The summed E-state index contributed by atoms with van der Waals surface area (Å²) in [5.41, 5.74) is 0. The molecule has 1 N–H and O–H groups in total. The summed E-state index contributed by atoms with van der Waals surface area (Å²) in [6.45, 7) is 7.83. The van der Waals surface area contributed by atoms with Gasteiger partial charge in [-0.05, 0) is 0 Å². The lowest BCUT2D eigenvalue weighted by Crippen LogP contribution is -2.48. The van der Waals surface area contributed by atoms with E-state index < -0.39 is 5.95 Å². The Morgan fingerprint density at radius 2 is 1.39 bits per heavy atom. The molecule has 0 bridgehead atoms. The van der Waals surface area contributed by atoms with E-state index in [2.05, 4.69) is 30.2 Å². The first-order chi connectivity index (χ1) is 17.2. The average molecular weight is 505 g/mol. The van der Waals surface area contributed by atoms with Crippen molar-refractivity contribution < 1.29 is 13.9 Å². The van der Waals surface area contributed by atoms with Crippen molar-refractivity contribution in [3.8, 4) is 5.88 Å². The summed E-state index contributed by atoms with van der Waals surface area (Å²) in [6.07, 6.45) is 0. The summed E-state index contributed by atoms with van der Waals surface area (Å²) in [6, 6.07) is 3.14. The number of aromatic nitrogens is 4. The molecule has 0 unspecified atom stereocenters. The highest BCUT2D eigenvalue weighted by Gasteiger charge is 2.21. The number of rotatable bonds is 5. The van der Waals surface area contributed by atoms with Crippen LogP contribution in [0.3, 0.4) is 0 Å². The second-order valence-electron chi connectivity index (χ2n) is 8.94. The predicted octanol–water partition coefficient (Wildman–Crippen LogP) is 0.311. The number of halogens is 1. The van der Waals surface area contributed by atoms with Gasteiger partial charge in [-0.1, -0.05) is 0 Å². The first kappa shape index (κ1) is 27.1. The third kappa shape index (κ3) is 7.26. The number of piperazine rings is 2. The summed E-state index contributed by atoms with van der Waals surface area (Å²) in [5.74, 6) is 2.66. The van der Waals surface area contributed by atoms with Gasteiger partial charge in [-0.25, -0.2) is 0 Å². The van der Waals surface area contributed by atoms with E-state index in [1.165, 1.54) is 6.07 Å². The summed E-state index contributed by atoms with van der Waals surface area (Å²) in [7, 11) is 9.16. The van der Waals surface area contributed by atoms with Crippen LogP contribution in [0, 0.1) is 5.95 Å². The Bertz CT molecular complexity index is 1010. The molecule has 198 valence electrons. The Balaban J connectivity index is 0.000000202. The fraction of sp³-hybridized carbons (Fsp3) is 0.609. The highest BCUT2D eigenvalue weighted by molar-refractivity contribution is 5.73. The Hall–Kier alpha value is -3.48. The number of hydrogen-bond donors (Lipinski definition) is 1. The molecule has 2 aliphatic rings. The molecule has 0 spiro atoms. The minimum absolute atomic E-state index is 0.0637. The van der Waals surface area contributed by atoms with Crippen molar-refractivity contribution in [3.05, 3.63) is 18.1 Å². The van der Waals surface area contributed by atoms with Crippen molar-refractivity contribution >= 4 is 29.4 Å². The molecule has 2 aliphatic heterocycles. The van der Waals surface area contributed by atoms with E-state index in [-0.39, 0.29) is 5.91 Å². The van der Waals surface area contributed by atoms with E-state index in [4.69, 9.17) is 4.74 Å². The van der Waals surface area contributed by atoms with E-state index in [0.717, 1.165) is 37.9 Å². The lowest BCUT2D eigenvalue weighted by atomic mass is 10.3. The Morgan fingerprint density at radius 3 is 1.92 bits per heavy atom. The molecule has 2 fully saturated rings. The summed E-state index contributed by atoms with van der Waals surface area (Å²) in [4.78, 5) is 37.9. The normalized spacial score (nSPS) is 15.7. The first-order valence-electron chi connectivity index (χ1n) is 12.0. The standard InChI is InChI=1S/C12H18FN5O.C11H19N5O/c1-9(19)17-4-6-18(7-5-17)12-14-10(13)8-11(15-12)16(2)3;1-15(2)9-8-10(17-3)14-11(13-9)16-6-4-12-5-7-16/h8H,4-7H2,1-3H3;8,12H,4-7H2,1-3H3. The number of carbonyl (C=O) groups is 1. The van der Waals surface area contributed by atoms with Crippen LogP contribution >= 0.6 is 0 Å². The van der Waals surface area contributed by atoms with E-state index in [9.17, 15) is 9.18 Å². The molecule has 13 heteroatoms. The number of nitrogens with zero attached hydrogens (tertiary/aromatic N) is 9. The van der Waals surface area contributed by atoms with Crippen molar-refractivity contribution in [1.82, 2.24) is 30.2 Å². The largest absolute Gasteiger partial charge is 0.481 e. The topological polar surface area (TPSA) is 106 Å². The predicted molar refractivity (Wildman–Crippen MR) is 139 cm³/mol. The molecule has 2 aromatic heterocycles. The molecular weight excluding hydrogens is 467 g/mol. The summed E-state index contributed by atoms with van der Waals surface area (Å²) >= 11 is 0. The molecule has 4 heterocycles. The van der Waals surface area contributed by atoms with Crippen LogP contribution in [0.4, 0.5) is 27.9 Å². The SMILES string of the molecule is CC(=O)N1CCN(c2nc(F)cc(N(C)C)n2)CC1.COc1cc(N(C)C)nc(N2CCNCC2)n1. The zero-order valence-electron chi connectivity index (χ0n) is 22.0. The van der Waals surface area contributed by atoms with Crippen LogP contribution in [0.1, 0.15) is 6.92 Å². The monoisotopic (exact) mass is 504 g/mol. The van der Waals surface area contributed by atoms with Gasteiger partial charge in [0, 0.05) is 99.6 Å². The molecule has 1 amide bonds. The van der Waals surface area contributed by atoms with Crippen molar-refractivity contribution in [2.24, 2.45) is 0 Å². The Morgan fingerprint density at radius 1 is 0.861 bits per heavy atom. The van der Waals surface area contributed by atoms with E-state index in [1.54, 1.807) is 37.9 Å². The van der Waals surface area contributed by atoms with Gasteiger partial charge in [-0.3, -0.25) is 4.79 Å². The third-order valence-corrected chi connectivity index (χ3v) is 5.88. The zero-order chi connectivity index (χ0) is 26.2. The van der Waals surface area contributed by atoms with Gasteiger partial charge >= 0.3 is 0 Å². The fourth-order valence-corrected chi connectivity index (χ4v) is 3.73. The number of ether oxygens (including phenoxy) is 1. The quantitative estimate of drug-likeness (QED) is 0.569. The minimum atomic E-state index is -0.539. The number of amides is 1. The van der Waals surface area contributed by atoms with E-state index in [0.29, 0.717) is 43.8 Å². The fourth-order valence-electron chi connectivity index (χ4n) is 3.73. The van der Waals surface area contributed by atoms with Gasteiger partial charge in [0.2, 0.25) is 29.6 Å². The van der Waals surface area contributed by atoms with Gasteiger partial charge in [0.05, 0.1) is 7.11 Å². The number of hydrogen-bond acceptors (Lipinski definition) is 11. The molecule has 12 nitrogen and oxygen atoms in total. The maximum Gasteiger partial charge on any atom is 0.230 e. The zero-order valence-corrected chi connectivity index (χ0v) is 22.0. The number of nitrogens with one attached hydrogen (secondary N) is 1. The third-order valence-electron chi connectivity index (χ3n) is 5.88. The van der Waals surface area contributed by atoms with E-state index in [1.807, 2.05) is 30.0 Å². The van der Waals surface area contributed by atoms with Crippen LogP contribution in [0.5, 0.6) is 5.88 Å². The molecule has 2 saturated heterocycles. The molecule has 0 saturated carbocycles. The molecular formula is C23H37FN10O2. The van der Waals surface area contributed by atoms with Crippen molar-refractivity contribution in [2.45, 2.75) is 6.92 Å². The van der Waals surface area contributed by atoms with Crippen LogP contribution in [-0.4, -0.2) is 118 Å². The summed E-state index contributed by atoms with van der Waals surface area (Å²) in [5, 5.41) is 3.31. The summed E-state index contributed by atoms with van der Waals surface area (Å²) < 4.78 is 18.7. The van der Waals surface area contributed by atoms with Gasteiger partial charge < -0.3 is 34.6 Å². The molecule has 4 rings (SSSR count). The van der Waals surface area contributed by atoms with Crippen LogP contribution < -0.4 is 29.7 Å². The van der Waals surface area contributed by atoms with Gasteiger partial charge in [-0.2, -0.15) is 24.3 Å². The maximum atomic E-state index is 13.5. The van der Waals surface area contributed by atoms with Crippen LogP contribution in [0.2, 0.25) is 0 Å². The maximum absolute atomic E-state index is 13.5. The van der Waals surface area contributed by atoms with Gasteiger partial charge in [0.25, 0.3) is 0 Å². The number of carbonyl (C=O) groups excluding carboxylic acids is 1. The van der Waals surface area contributed by atoms with Crippen LogP contribution in [0.25, 0.3) is 0 Å². The number of anilines is 4. The minimum Gasteiger partial charge on any atom is -0.481 e. The lowest BCUT2D eigenvalue weighted by molar-refractivity contribution is -0.129. The van der Waals surface area contributed by atoms with Crippen molar-refractivity contribution in [2.75, 3.05) is 107 Å². The smallest absolute Gasteiger partial charge is 0.230 e.